The Balaban J connectivity index is 2.70. The van der Waals surface area contributed by atoms with Gasteiger partial charge in [-0.15, -0.1) is 0 Å². The molecule has 0 spiro atoms. The first-order chi connectivity index (χ1) is 8.10. The lowest BCUT2D eigenvalue weighted by molar-refractivity contribution is 0.323. The molecule has 1 aromatic carbocycles. The Hall–Kier alpha value is -0.580. The van der Waals surface area contributed by atoms with Gasteiger partial charge in [0, 0.05) is 18.0 Å². The minimum Gasteiger partial charge on any atom is -0.398 e. The average Bonchev–Trinajstić information content (AvgIpc) is 2.30. The predicted octanol–water partition coefficient (Wildman–Crippen LogP) is 2.37. The number of benzene rings is 1. The summed E-state index contributed by atoms with van der Waals surface area (Å²) in [6, 6.07) is 5.22. The molecule has 2 N–H and O–H groups in total. The number of nitrogens with zero attached hydrogens (tertiary/aromatic N) is 1. The zero-order chi connectivity index (χ0) is 12.8. The molecule has 3 nitrogen and oxygen atoms in total. The largest absolute Gasteiger partial charge is 0.398 e. The van der Waals surface area contributed by atoms with Crippen molar-refractivity contribution >= 4 is 28.1 Å². The van der Waals surface area contributed by atoms with Gasteiger partial charge in [-0.2, -0.15) is 0 Å². The van der Waals surface area contributed by atoms with Crippen molar-refractivity contribution in [1.82, 2.24) is 4.90 Å². The van der Waals surface area contributed by atoms with E-state index in [1.807, 2.05) is 0 Å². The van der Waals surface area contributed by atoms with Crippen LogP contribution in [0.3, 0.4) is 0 Å². The van der Waals surface area contributed by atoms with Gasteiger partial charge in [0.1, 0.15) is 0 Å². The lowest BCUT2D eigenvalue weighted by Crippen LogP contribution is -2.27. The van der Waals surface area contributed by atoms with Gasteiger partial charge in [0.25, 0.3) is 0 Å². The van der Waals surface area contributed by atoms with Crippen molar-refractivity contribution in [3.8, 4) is 0 Å². The fourth-order valence-electron chi connectivity index (χ4n) is 1.62. The van der Waals surface area contributed by atoms with Gasteiger partial charge in [-0.3, -0.25) is 4.21 Å². The van der Waals surface area contributed by atoms with Crippen LogP contribution < -0.4 is 5.73 Å². The van der Waals surface area contributed by atoms with E-state index in [4.69, 9.17) is 17.3 Å². The molecule has 5 heteroatoms. The number of hydrogen-bond acceptors (Lipinski definition) is 3. The molecule has 0 aliphatic carbocycles. The summed E-state index contributed by atoms with van der Waals surface area (Å²) in [7, 11) is -1.13. The molecular weight excluding hydrogens is 256 g/mol. The van der Waals surface area contributed by atoms with Crippen molar-refractivity contribution in [3.05, 3.63) is 23.2 Å². The molecule has 0 fully saturated rings. The molecular formula is C12H19ClN2OS. The summed E-state index contributed by atoms with van der Waals surface area (Å²) in [4.78, 5) is 2.80. The van der Waals surface area contributed by atoms with Crippen molar-refractivity contribution in [1.29, 1.82) is 0 Å². The topological polar surface area (TPSA) is 46.3 Å². The summed E-state index contributed by atoms with van der Waals surface area (Å²) in [6.45, 7) is 6.91. The Morgan fingerprint density at radius 3 is 2.53 bits per heavy atom. The Kier molecular flexibility index (Phi) is 5.95. The molecule has 0 saturated heterocycles. The number of halogens is 1. The molecule has 96 valence electrons. The van der Waals surface area contributed by atoms with Crippen LogP contribution in [0, 0.1) is 0 Å². The van der Waals surface area contributed by atoms with Crippen LogP contribution in [0.1, 0.15) is 13.8 Å². The first kappa shape index (κ1) is 14.5. The molecule has 0 saturated carbocycles. The molecule has 0 amide bonds. The Morgan fingerprint density at radius 2 is 2.00 bits per heavy atom. The van der Waals surface area contributed by atoms with Crippen LogP contribution in [-0.2, 0) is 10.8 Å². The standard InChI is InChI=1S/C12H19ClN2OS/c1-3-15(4-2)8-9-17(16)12-10(13)6-5-7-11(12)14/h5-7H,3-4,8-9,14H2,1-2H3. The molecule has 0 aromatic heterocycles. The summed E-state index contributed by atoms with van der Waals surface area (Å²) in [5, 5.41) is 0.489. The van der Waals surface area contributed by atoms with Crippen LogP contribution in [0.4, 0.5) is 5.69 Å². The maximum Gasteiger partial charge on any atom is 0.0803 e. The van der Waals surface area contributed by atoms with Crippen LogP contribution in [0.25, 0.3) is 0 Å². The van der Waals surface area contributed by atoms with E-state index >= 15 is 0 Å². The maximum atomic E-state index is 12.1. The lowest BCUT2D eigenvalue weighted by atomic mass is 10.3. The molecule has 0 radical (unpaired) electrons. The number of nitrogen functional groups attached to an aromatic ring is 1. The molecule has 0 heterocycles. The quantitative estimate of drug-likeness (QED) is 0.810. The number of hydrogen-bond donors (Lipinski definition) is 1. The van der Waals surface area contributed by atoms with Gasteiger partial charge >= 0.3 is 0 Å². The smallest absolute Gasteiger partial charge is 0.0803 e. The summed E-state index contributed by atoms with van der Waals surface area (Å²) in [5.41, 5.74) is 6.31. The highest BCUT2D eigenvalue weighted by molar-refractivity contribution is 7.85. The highest BCUT2D eigenvalue weighted by Gasteiger charge is 2.13. The van der Waals surface area contributed by atoms with Crippen LogP contribution in [0.15, 0.2) is 23.1 Å². The maximum absolute atomic E-state index is 12.1. The minimum absolute atomic E-state index is 0.489. The van der Waals surface area contributed by atoms with Crippen LogP contribution in [-0.4, -0.2) is 34.5 Å². The third kappa shape index (κ3) is 3.98. The van der Waals surface area contributed by atoms with Gasteiger partial charge in [-0.1, -0.05) is 31.5 Å². The highest BCUT2D eigenvalue weighted by atomic mass is 35.5. The Morgan fingerprint density at radius 1 is 1.35 bits per heavy atom. The first-order valence-corrected chi connectivity index (χ1v) is 7.44. The normalized spacial score (nSPS) is 12.9. The molecule has 1 aromatic rings. The number of rotatable bonds is 6. The fourth-order valence-corrected chi connectivity index (χ4v) is 3.30. The van der Waals surface area contributed by atoms with E-state index in [1.165, 1.54) is 0 Å². The second-order valence-corrected chi connectivity index (χ2v) is 5.65. The third-order valence-corrected chi connectivity index (χ3v) is 4.60. The molecule has 1 rings (SSSR count). The molecule has 0 bridgehead atoms. The summed E-state index contributed by atoms with van der Waals surface area (Å²) in [6.07, 6.45) is 0. The molecule has 17 heavy (non-hydrogen) atoms. The van der Waals surface area contributed by atoms with Gasteiger partial charge in [-0.25, -0.2) is 0 Å². The van der Waals surface area contributed by atoms with E-state index in [2.05, 4.69) is 18.7 Å². The van der Waals surface area contributed by atoms with E-state index < -0.39 is 10.8 Å². The van der Waals surface area contributed by atoms with Gasteiger partial charge in [0.2, 0.25) is 0 Å². The van der Waals surface area contributed by atoms with E-state index in [9.17, 15) is 4.21 Å². The van der Waals surface area contributed by atoms with Crippen molar-refractivity contribution in [3.63, 3.8) is 0 Å². The second-order valence-electron chi connectivity index (χ2n) is 3.73. The summed E-state index contributed by atoms with van der Waals surface area (Å²) in [5.74, 6) is 0.565. The third-order valence-electron chi connectivity index (χ3n) is 2.71. The number of anilines is 1. The van der Waals surface area contributed by atoms with Crippen molar-refractivity contribution < 1.29 is 4.21 Å². The highest BCUT2D eigenvalue weighted by Crippen LogP contribution is 2.25. The fraction of sp³-hybridized carbons (Fsp3) is 0.500. The SMILES string of the molecule is CCN(CC)CCS(=O)c1c(N)cccc1Cl. The van der Waals surface area contributed by atoms with E-state index in [0.29, 0.717) is 21.4 Å². The molecule has 0 aliphatic heterocycles. The van der Waals surface area contributed by atoms with E-state index in [0.717, 1.165) is 19.6 Å². The van der Waals surface area contributed by atoms with Gasteiger partial charge in [0.05, 0.1) is 20.7 Å². The van der Waals surface area contributed by atoms with Crippen LogP contribution in [0.5, 0.6) is 0 Å². The van der Waals surface area contributed by atoms with Gasteiger partial charge in [0.15, 0.2) is 0 Å². The van der Waals surface area contributed by atoms with E-state index in [-0.39, 0.29) is 0 Å². The van der Waals surface area contributed by atoms with Gasteiger partial charge in [-0.05, 0) is 25.2 Å². The minimum atomic E-state index is -1.13. The molecule has 1 unspecified atom stereocenters. The second kappa shape index (κ2) is 6.99. The lowest BCUT2D eigenvalue weighted by Gasteiger charge is -2.17. The van der Waals surface area contributed by atoms with Crippen molar-refractivity contribution in [2.24, 2.45) is 0 Å². The van der Waals surface area contributed by atoms with Crippen molar-refractivity contribution in [2.45, 2.75) is 18.7 Å². The Labute approximate surface area is 110 Å². The number of nitrogens with two attached hydrogens (primary N) is 1. The van der Waals surface area contributed by atoms with Gasteiger partial charge < -0.3 is 10.6 Å². The predicted molar refractivity (Wildman–Crippen MR) is 74.9 cm³/mol. The first-order valence-electron chi connectivity index (χ1n) is 5.74. The molecule has 1 atom stereocenters. The van der Waals surface area contributed by atoms with Crippen LogP contribution >= 0.6 is 11.6 Å². The summed E-state index contributed by atoms with van der Waals surface area (Å²) >= 11 is 6.02. The average molecular weight is 275 g/mol. The monoisotopic (exact) mass is 274 g/mol. The van der Waals surface area contributed by atoms with E-state index in [1.54, 1.807) is 18.2 Å². The molecule has 0 aliphatic rings. The zero-order valence-electron chi connectivity index (χ0n) is 10.3. The summed E-state index contributed by atoms with van der Waals surface area (Å²) < 4.78 is 12.1. The zero-order valence-corrected chi connectivity index (χ0v) is 11.9. The van der Waals surface area contributed by atoms with Crippen LogP contribution in [0.2, 0.25) is 5.02 Å². The Bertz CT molecular complexity index is 374. The van der Waals surface area contributed by atoms with Crippen molar-refractivity contribution in [2.75, 3.05) is 31.1 Å².